The lowest BCUT2D eigenvalue weighted by Crippen LogP contribution is -2.51. The van der Waals surface area contributed by atoms with Crippen molar-refractivity contribution in [2.75, 3.05) is 24.5 Å². The number of methoxy groups -OCH3 is 1. The van der Waals surface area contributed by atoms with Gasteiger partial charge >= 0.3 is 0 Å². The molecule has 3 aromatic rings. The van der Waals surface area contributed by atoms with E-state index in [4.69, 9.17) is 16.3 Å². The lowest BCUT2D eigenvalue weighted by Gasteiger charge is -2.32. The van der Waals surface area contributed by atoms with Crippen molar-refractivity contribution >= 4 is 39.1 Å². The Hall–Kier alpha value is -3.56. The molecule has 1 atom stereocenters. The zero-order valence-corrected chi connectivity index (χ0v) is 22.5. The van der Waals surface area contributed by atoms with Gasteiger partial charge in [0.05, 0.1) is 17.7 Å². The smallest absolute Gasteiger partial charge is 0.264 e. The van der Waals surface area contributed by atoms with Crippen LogP contribution in [0.2, 0.25) is 5.02 Å². The number of rotatable bonds is 11. The highest BCUT2D eigenvalue weighted by molar-refractivity contribution is 7.92. The van der Waals surface area contributed by atoms with Crippen molar-refractivity contribution in [3.63, 3.8) is 0 Å². The summed E-state index contributed by atoms with van der Waals surface area (Å²) in [4.78, 5) is 27.8. The Morgan fingerprint density at radius 2 is 1.68 bits per heavy atom. The number of hydrogen-bond donors (Lipinski definition) is 1. The first-order valence-corrected chi connectivity index (χ1v) is 13.5. The van der Waals surface area contributed by atoms with Crippen molar-refractivity contribution in [2.45, 2.75) is 31.3 Å². The Morgan fingerprint density at radius 1 is 1.00 bits per heavy atom. The van der Waals surface area contributed by atoms with Crippen molar-refractivity contribution in [1.82, 2.24) is 10.2 Å². The summed E-state index contributed by atoms with van der Waals surface area (Å²) >= 11 is 6.13. The molecule has 3 aromatic carbocycles. The number of amides is 2. The van der Waals surface area contributed by atoms with Crippen molar-refractivity contribution in [3.05, 3.63) is 89.4 Å². The molecule has 8 nitrogen and oxygen atoms in total. The van der Waals surface area contributed by atoms with Crippen molar-refractivity contribution in [1.29, 1.82) is 0 Å². The van der Waals surface area contributed by atoms with E-state index < -0.39 is 28.5 Å². The Kier molecular flexibility index (Phi) is 9.54. The maximum Gasteiger partial charge on any atom is 0.264 e. The van der Waals surface area contributed by atoms with E-state index in [1.807, 2.05) is 0 Å². The van der Waals surface area contributed by atoms with Crippen LogP contribution in [0.4, 0.5) is 5.69 Å². The third kappa shape index (κ3) is 7.02. The molecule has 0 radical (unpaired) electrons. The molecule has 0 heterocycles. The van der Waals surface area contributed by atoms with Gasteiger partial charge in [-0.05, 0) is 67.9 Å². The third-order valence-corrected chi connectivity index (χ3v) is 7.75. The normalized spacial score (nSPS) is 11.9. The standard InChI is InChI=1S/C27H30ClN3O5S/c1-4-29-27(33)20(2)30(18-21-9-8-10-22(28)17-21)26(32)19-31(23-11-6-5-7-12-23)37(34,35)25-15-13-24(36-3)14-16-25/h5-17,20H,4,18-19H2,1-3H3,(H,29,33)/t20-/m0/s1. The fraction of sp³-hybridized carbons (Fsp3) is 0.259. The van der Waals surface area contributed by atoms with E-state index in [0.717, 1.165) is 4.31 Å². The summed E-state index contributed by atoms with van der Waals surface area (Å²) < 4.78 is 33.6. The number of halogens is 1. The molecular weight excluding hydrogens is 514 g/mol. The first kappa shape index (κ1) is 28.0. The van der Waals surface area contributed by atoms with Gasteiger partial charge in [0, 0.05) is 18.1 Å². The lowest BCUT2D eigenvalue weighted by molar-refractivity contribution is -0.139. The van der Waals surface area contributed by atoms with E-state index >= 15 is 0 Å². The number of hydrogen-bond acceptors (Lipinski definition) is 5. The van der Waals surface area contributed by atoms with Crippen LogP contribution in [0, 0.1) is 0 Å². The maximum absolute atomic E-state index is 13.7. The summed E-state index contributed by atoms with van der Waals surface area (Å²) in [6, 6.07) is 20.4. The van der Waals surface area contributed by atoms with Gasteiger partial charge in [-0.1, -0.05) is 41.9 Å². The average molecular weight is 544 g/mol. The summed E-state index contributed by atoms with van der Waals surface area (Å²) in [5.74, 6) is -0.383. The van der Waals surface area contributed by atoms with Gasteiger partial charge in [-0.2, -0.15) is 0 Å². The minimum absolute atomic E-state index is 0.00289. The second-order valence-electron chi connectivity index (χ2n) is 8.24. The average Bonchev–Trinajstić information content (AvgIpc) is 2.90. The molecule has 2 amide bonds. The van der Waals surface area contributed by atoms with E-state index in [9.17, 15) is 18.0 Å². The van der Waals surface area contributed by atoms with E-state index in [1.165, 1.54) is 24.1 Å². The minimum Gasteiger partial charge on any atom is -0.497 e. The Bertz CT molecular complexity index is 1320. The zero-order chi connectivity index (χ0) is 27.0. The summed E-state index contributed by atoms with van der Waals surface area (Å²) in [6.45, 7) is 3.35. The van der Waals surface area contributed by atoms with Crippen molar-refractivity contribution in [2.24, 2.45) is 0 Å². The lowest BCUT2D eigenvalue weighted by atomic mass is 10.1. The Balaban J connectivity index is 2.00. The highest BCUT2D eigenvalue weighted by atomic mass is 35.5. The van der Waals surface area contributed by atoms with Gasteiger partial charge < -0.3 is 15.0 Å². The van der Waals surface area contributed by atoms with Gasteiger partial charge in [-0.15, -0.1) is 0 Å². The second kappa shape index (κ2) is 12.6. The first-order valence-electron chi connectivity index (χ1n) is 11.7. The number of benzene rings is 3. The van der Waals surface area contributed by atoms with E-state index in [1.54, 1.807) is 80.6 Å². The number of anilines is 1. The molecule has 0 fully saturated rings. The van der Waals surface area contributed by atoms with E-state index in [-0.39, 0.29) is 17.3 Å². The summed E-state index contributed by atoms with van der Waals surface area (Å²) in [7, 11) is -2.65. The quantitative estimate of drug-likeness (QED) is 0.393. The van der Waals surface area contributed by atoms with Crippen LogP contribution in [0.15, 0.2) is 83.8 Å². The molecule has 0 aliphatic heterocycles. The molecule has 10 heteroatoms. The number of ether oxygens (including phenoxy) is 1. The van der Waals surface area contributed by atoms with Gasteiger partial charge in [-0.25, -0.2) is 8.42 Å². The first-order chi connectivity index (χ1) is 17.7. The van der Waals surface area contributed by atoms with Crippen LogP contribution in [0.25, 0.3) is 0 Å². The number of nitrogens with one attached hydrogen (secondary N) is 1. The number of nitrogens with zero attached hydrogens (tertiary/aromatic N) is 2. The van der Waals surface area contributed by atoms with Crippen LogP contribution in [0.1, 0.15) is 19.4 Å². The van der Waals surface area contributed by atoms with Gasteiger partial charge in [0.1, 0.15) is 18.3 Å². The highest BCUT2D eigenvalue weighted by Gasteiger charge is 2.32. The minimum atomic E-state index is -4.13. The van der Waals surface area contributed by atoms with Crippen LogP contribution in [-0.4, -0.2) is 51.4 Å². The van der Waals surface area contributed by atoms with Crippen LogP contribution in [0.3, 0.4) is 0 Å². The molecule has 0 aliphatic carbocycles. The number of sulfonamides is 1. The van der Waals surface area contributed by atoms with Crippen LogP contribution in [-0.2, 0) is 26.2 Å². The molecule has 0 aromatic heterocycles. The number of para-hydroxylation sites is 1. The second-order valence-corrected chi connectivity index (χ2v) is 10.5. The largest absolute Gasteiger partial charge is 0.497 e. The van der Waals surface area contributed by atoms with Gasteiger partial charge in [0.15, 0.2) is 0 Å². The molecule has 37 heavy (non-hydrogen) atoms. The highest BCUT2D eigenvalue weighted by Crippen LogP contribution is 2.26. The monoisotopic (exact) mass is 543 g/mol. The molecule has 0 saturated carbocycles. The van der Waals surface area contributed by atoms with Crippen LogP contribution >= 0.6 is 11.6 Å². The molecule has 0 aliphatic rings. The molecular formula is C27H30ClN3O5S. The number of carbonyl (C=O) groups is 2. The van der Waals surface area contributed by atoms with Crippen LogP contribution in [0.5, 0.6) is 5.75 Å². The van der Waals surface area contributed by atoms with E-state index in [2.05, 4.69) is 5.32 Å². The molecule has 0 spiro atoms. The zero-order valence-electron chi connectivity index (χ0n) is 20.9. The Labute approximate surface area is 222 Å². The van der Waals surface area contributed by atoms with Gasteiger partial charge in [0.25, 0.3) is 10.0 Å². The molecule has 1 N–H and O–H groups in total. The predicted molar refractivity (Wildman–Crippen MR) is 144 cm³/mol. The third-order valence-electron chi connectivity index (χ3n) is 5.73. The van der Waals surface area contributed by atoms with Crippen molar-refractivity contribution in [3.8, 4) is 5.75 Å². The van der Waals surface area contributed by atoms with Crippen LogP contribution < -0.4 is 14.4 Å². The summed E-state index contributed by atoms with van der Waals surface area (Å²) in [6.07, 6.45) is 0. The molecule has 0 saturated heterocycles. The topological polar surface area (TPSA) is 96.0 Å². The fourth-order valence-corrected chi connectivity index (χ4v) is 5.36. The summed E-state index contributed by atoms with van der Waals surface area (Å²) in [5.41, 5.74) is 1.03. The SMILES string of the molecule is CCNC(=O)[C@H](C)N(Cc1cccc(Cl)c1)C(=O)CN(c1ccccc1)S(=O)(=O)c1ccc(OC)cc1. The van der Waals surface area contributed by atoms with Gasteiger partial charge in [0.2, 0.25) is 11.8 Å². The molecule has 0 unspecified atom stereocenters. The van der Waals surface area contributed by atoms with Crippen molar-refractivity contribution < 1.29 is 22.7 Å². The molecule has 0 bridgehead atoms. The van der Waals surface area contributed by atoms with Gasteiger partial charge in [-0.3, -0.25) is 13.9 Å². The fourth-order valence-electron chi connectivity index (χ4n) is 3.73. The number of likely N-dealkylation sites (N-methyl/N-ethyl adjacent to an activating group) is 1. The molecule has 196 valence electrons. The Morgan fingerprint density at radius 3 is 2.27 bits per heavy atom. The summed E-state index contributed by atoms with van der Waals surface area (Å²) in [5, 5.41) is 3.22. The predicted octanol–water partition coefficient (Wildman–Crippen LogP) is 4.10. The molecule has 3 rings (SSSR count). The number of carbonyl (C=O) groups excluding carboxylic acids is 2. The maximum atomic E-state index is 13.7. The van der Waals surface area contributed by atoms with E-state index in [0.29, 0.717) is 28.6 Å².